The number of hydrogen-bond donors (Lipinski definition) is 0. The Kier molecular flexibility index (Phi) is 2.24. The average molecular weight is 183 g/mol. The van der Waals surface area contributed by atoms with E-state index in [2.05, 4.69) is 0 Å². The molecule has 0 aliphatic heterocycles. The Morgan fingerprint density at radius 3 is 2.46 bits per heavy atom. The van der Waals surface area contributed by atoms with E-state index in [1.807, 2.05) is 5.92 Å². The van der Waals surface area contributed by atoms with E-state index in [1.165, 1.54) is 0 Å². The first-order valence-corrected chi connectivity index (χ1v) is 3.16. The number of terminal acetylenes is 1. The molecule has 0 unspecified atom stereocenters. The molecule has 0 spiro atoms. The summed E-state index contributed by atoms with van der Waals surface area (Å²) in [6, 6.07) is 1.08. The lowest BCUT2D eigenvalue weighted by molar-refractivity contribution is -0.387. The minimum Gasteiger partial charge on any atom is -0.258 e. The second-order valence-electron chi connectivity index (χ2n) is 2.18. The summed E-state index contributed by atoms with van der Waals surface area (Å²) in [5.41, 5.74) is -1.25. The van der Waals surface area contributed by atoms with Gasteiger partial charge in [0.25, 0.3) is 0 Å². The van der Waals surface area contributed by atoms with Gasteiger partial charge in [0.1, 0.15) is 5.82 Å². The SMILES string of the molecule is C#Cc1cc(F)c([N+](=O)[O-])cc1F. The van der Waals surface area contributed by atoms with Crippen LogP contribution in [0.25, 0.3) is 0 Å². The van der Waals surface area contributed by atoms with Crippen molar-refractivity contribution in [3.63, 3.8) is 0 Å². The topological polar surface area (TPSA) is 43.1 Å². The number of nitro groups is 1. The fourth-order valence-electron chi connectivity index (χ4n) is 0.787. The molecule has 0 aliphatic rings. The normalized spacial score (nSPS) is 9.31. The van der Waals surface area contributed by atoms with Crippen molar-refractivity contribution >= 4 is 5.69 Å². The first-order chi connectivity index (χ1) is 6.06. The molecule has 5 heteroatoms. The van der Waals surface area contributed by atoms with Crippen LogP contribution in [0, 0.1) is 34.1 Å². The zero-order valence-corrected chi connectivity index (χ0v) is 6.25. The molecule has 1 rings (SSSR count). The van der Waals surface area contributed by atoms with E-state index in [-0.39, 0.29) is 5.56 Å². The molecule has 13 heavy (non-hydrogen) atoms. The molecule has 0 amide bonds. The monoisotopic (exact) mass is 183 g/mol. The fraction of sp³-hybridized carbons (Fsp3) is 0. The molecule has 0 saturated carbocycles. The molecule has 0 fully saturated rings. The van der Waals surface area contributed by atoms with Crippen LogP contribution in [0.1, 0.15) is 5.56 Å². The van der Waals surface area contributed by atoms with Crippen LogP contribution in [0.2, 0.25) is 0 Å². The molecule has 0 atom stereocenters. The quantitative estimate of drug-likeness (QED) is 0.379. The Morgan fingerprint density at radius 2 is 2.00 bits per heavy atom. The lowest BCUT2D eigenvalue weighted by Crippen LogP contribution is -1.95. The van der Waals surface area contributed by atoms with Gasteiger partial charge < -0.3 is 0 Å². The van der Waals surface area contributed by atoms with E-state index in [1.54, 1.807) is 0 Å². The maximum absolute atomic E-state index is 12.8. The van der Waals surface area contributed by atoms with Crippen LogP contribution in [-0.4, -0.2) is 4.92 Å². The van der Waals surface area contributed by atoms with Crippen molar-refractivity contribution in [1.82, 2.24) is 0 Å². The Hall–Kier alpha value is -1.96. The molecule has 0 N–H and O–H groups in total. The average Bonchev–Trinajstić information content (AvgIpc) is 2.07. The first-order valence-electron chi connectivity index (χ1n) is 3.16. The molecule has 0 saturated heterocycles. The van der Waals surface area contributed by atoms with E-state index >= 15 is 0 Å². The molecular weight excluding hydrogens is 180 g/mol. The molecule has 0 aromatic heterocycles. The van der Waals surface area contributed by atoms with Gasteiger partial charge in [0.05, 0.1) is 16.6 Å². The summed E-state index contributed by atoms with van der Waals surface area (Å²) < 4.78 is 25.5. The molecule has 0 aliphatic carbocycles. The predicted octanol–water partition coefficient (Wildman–Crippen LogP) is 1.85. The summed E-state index contributed by atoms with van der Waals surface area (Å²) in [5, 5.41) is 10.1. The minimum absolute atomic E-state index is 0.330. The highest BCUT2D eigenvalue weighted by Gasteiger charge is 2.17. The Labute approximate surface area is 72.1 Å². The molecule has 3 nitrogen and oxygen atoms in total. The predicted molar refractivity (Wildman–Crippen MR) is 40.9 cm³/mol. The van der Waals surface area contributed by atoms with Gasteiger partial charge in [-0.1, -0.05) is 5.92 Å². The third-order valence-electron chi connectivity index (χ3n) is 1.39. The molecule has 66 valence electrons. The third-order valence-corrected chi connectivity index (χ3v) is 1.39. The smallest absolute Gasteiger partial charge is 0.258 e. The van der Waals surface area contributed by atoms with Crippen LogP contribution < -0.4 is 0 Å². The maximum Gasteiger partial charge on any atom is 0.307 e. The van der Waals surface area contributed by atoms with Gasteiger partial charge in [-0.3, -0.25) is 10.1 Å². The van der Waals surface area contributed by atoms with Gasteiger partial charge in [-0.25, -0.2) is 4.39 Å². The summed E-state index contributed by atoms with van der Waals surface area (Å²) in [6.07, 6.45) is 4.82. The second-order valence-corrected chi connectivity index (χ2v) is 2.18. The van der Waals surface area contributed by atoms with E-state index < -0.39 is 22.2 Å². The van der Waals surface area contributed by atoms with Crippen LogP contribution in [0.4, 0.5) is 14.5 Å². The molecule has 1 aromatic rings. The number of benzene rings is 1. The summed E-state index contributed by atoms with van der Waals surface area (Å²) in [5.74, 6) is -0.251. The molecule has 0 heterocycles. The van der Waals surface area contributed by atoms with Crippen molar-refractivity contribution in [2.24, 2.45) is 0 Å². The highest BCUT2D eigenvalue weighted by molar-refractivity contribution is 5.42. The summed E-state index contributed by atoms with van der Waals surface area (Å²) in [4.78, 5) is 9.11. The van der Waals surface area contributed by atoms with Crippen molar-refractivity contribution in [2.75, 3.05) is 0 Å². The van der Waals surface area contributed by atoms with E-state index in [0.717, 1.165) is 0 Å². The van der Waals surface area contributed by atoms with Crippen LogP contribution in [0.5, 0.6) is 0 Å². The number of nitrogens with zero attached hydrogens (tertiary/aromatic N) is 1. The van der Waals surface area contributed by atoms with Gasteiger partial charge in [0.2, 0.25) is 5.82 Å². The van der Waals surface area contributed by atoms with Gasteiger partial charge in [-0.05, 0) is 6.07 Å². The fourth-order valence-corrected chi connectivity index (χ4v) is 0.787. The van der Waals surface area contributed by atoms with Crippen molar-refractivity contribution < 1.29 is 13.7 Å². The van der Waals surface area contributed by atoms with E-state index in [0.29, 0.717) is 12.1 Å². The minimum atomic E-state index is -1.14. The summed E-state index contributed by atoms with van der Waals surface area (Å²) in [7, 11) is 0. The van der Waals surface area contributed by atoms with Gasteiger partial charge >= 0.3 is 5.69 Å². The van der Waals surface area contributed by atoms with Crippen LogP contribution in [0.3, 0.4) is 0 Å². The van der Waals surface area contributed by atoms with Crippen LogP contribution in [-0.2, 0) is 0 Å². The second kappa shape index (κ2) is 3.19. The van der Waals surface area contributed by atoms with Crippen LogP contribution in [0.15, 0.2) is 12.1 Å². The number of hydrogen-bond acceptors (Lipinski definition) is 2. The molecule has 0 radical (unpaired) electrons. The lowest BCUT2D eigenvalue weighted by atomic mass is 10.2. The molecule has 1 aromatic carbocycles. The Balaban J connectivity index is 3.39. The third kappa shape index (κ3) is 1.62. The number of halogens is 2. The standard InChI is InChI=1S/C8H3F2NO2/c1-2-5-3-7(10)8(11(12)13)4-6(5)9/h1,3-4H. The zero-order chi connectivity index (χ0) is 10.0. The Bertz CT molecular complexity index is 409. The first kappa shape index (κ1) is 9.13. The number of nitro benzene ring substituents is 1. The van der Waals surface area contributed by atoms with E-state index in [9.17, 15) is 18.9 Å². The van der Waals surface area contributed by atoms with Crippen molar-refractivity contribution in [2.45, 2.75) is 0 Å². The highest BCUT2D eigenvalue weighted by atomic mass is 19.1. The van der Waals surface area contributed by atoms with Crippen molar-refractivity contribution in [1.29, 1.82) is 0 Å². The van der Waals surface area contributed by atoms with Gasteiger partial charge in [0.15, 0.2) is 0 Å². The maximum atomic E-state index is 12.8. The Morgan fingerprint density at radius 1 is 1.38 bits per heavy atom. The summed E-state index contributed by atoms with van der Waals surface area (Å²) >= 11 is 0. The van der Waals surface area contributed by atoms with Gasteiger partial charge in [-0.15, -0.1) is 6.42 Å². The lowest BCUT2D eigenvalue weighted by Gasteiger charge is -1.96. The highest BCUT2D eigenvalue weighted by Crippen LogP contribution is 2.20. The van der Waals surface area contributed by atoms with Crippen LogP contribution >= 0.6 is 0 Å². The molecule has 0 bridgehead atoms. The summed E-state index contributed by atoms with van der Waals surface area (Å²) in [6.45, 7) is 0. The van der Waals surface area contributed by atoms with Gasteiger partial charge in [-0.2, -0.15) is 4.39 Å². The van der Waals surface area contributed by atoms with E-state index in [4.69, 9.17) is 6.42 Å². The number of rotatable bonds is 1. The largest absolute Gasteiger partial charge is 0.307 e. The van der Waals surface area contributed by atoms with Gasteiger partial charge in [0, 0.05) is 0 Å². The molecular formula is C8H3F2NO2. The zero-order valence-electron chi connectivity index (χ0n) is 6.25. The van der Waals surface area contributed by atoms with Crippen molar-refractivity contribution in [3.05, 3.63) is 39.4 Å². The van der Waals surface area contributed by atoms with Crippen molar-refractivity contribution in [3.8, 4) is 12.3 Å².